The maximum Gasteiger partial charge on any atom is 0.323 e. The van der Waals surface area contributed by atoms with Gasteiger partial charge in [0.2, 0.25) is 0 Å². The van der Waals surface area contributed by atoms with Crippen LogP contribution in [-0.2, 0) is 28.6 Å². The van der Waals surface area contributed by atoms with Crippen LogP contribution in [0.2, 0.25) is 0 Å². The van der Waals surface area contributed by atoms with Gasteiger partial charge in [0.05, 0.1) is 13.1 Å². The van der Waals surface area contributed by atoms with Crippen LogP contribution in [0.5, 0.6) is 0 Å². The van der Waals surface area contributed by atoms with Crippen molar-refractivity contribution in [2.24, 2.45) is 0 Å². The molecule has 0 rings (SSSR count). The summed E-state index contributed by atoms with van der Waals surface area (Å²) in [6, 6.07) is -0.740. The van der Waals surface area contributed by atoms with E-state index in [0.717, 1.165) is 19.3 Å². The molecular weight excluding hydrogens is 386 g/mol. The van der Waals surface area contributed by atoms with Crippen molar-refractivity contribution in [2.45, 2.75) is 118 Å². The molecule has 0 aliphatic heterocycles. The third-order valence-electron chi connectivity index (χ3n) is 3.71. The zero-order valence-electron chi connectivity index (χ0n) is 20.7. The molecule has 0 amide bonds. The topological polar surface area (TPSA) is 82.1 Å². The number of nitrogens with zero attached hydrogens (tertiary/aromatic N) is 1. The van der Waals surface area contributed by atoms with Gasteiger partial charge >= 0.3 is 17.9 Å². The lowest BCUT2D eigenvalue weighted by Crippen LogP contribution is -2.50. The van der Waals surface area contributed by atoms with Gasteiger partial charge in [-0.2, -0.15) is 0 Å². The van der Waals surface area contributed by atoms with Crippen LogP contribution in [0.4, 0.5) is 0 Å². The molecule has 1 atom stereocenters. The number of hydrogen-bond acceptors (Lipinski definition) is 7. The van der Waals surface area contributed by atoms with Crippen LogP contribution < -0.4 is 0 Å². The maximum absolute atomic E-state index is 13.0. The lowest BCUT2D eigenvalue weighted by Gasteiger charge is -2.32. The third-order valence-corrected chi connectivity index (χ3v) is 3.71. The van der Waals surface area contributed by atoms with Crippen LogP contribution in [0.3, 0.4) is 0 Å². The molecule has 0 saturated heterocycles. The molecule has 0 aromatic rings. The van der Waals surface area contributed by atoms with E-state index in [9.17, 15) is 14.4 Å². The molecule has 7 nitrogen and oxygen atoms in total. The average Bonchev–Trinajstić information content (AvgIpc) is 2.45. The molecule has 0 aromatic carbocycles. The standard InChI is InChI=1S/C23H43NO6/c1-11-12-13-14-17(20(27)30-23(8,9)10)24(15-18(25)28-21(2,3)4)16-19(26)29-22(5,6)7/h17H,11-16H2,1-10H3. The van der Waals surface area contributed by atoms with Crippen LogP contribution in [-0.4, -0.2) is 58.7 Å². The van der Waals surface area contributed by atoms with Crippen molar-refractivity contribution in [1.82, 2.24) is 4.90 Å². The number of unbranched alkanes of at least 4 members (excludes halogenated alkanes) is 2. The SMILES string of the molecule is CCCCCC(C(=O)OC(C)(C)C)N(CC(=O)OC(C)(C)C)CC(=O)OC(C)(C)C. The minimum absolute atomic E-state index is 0.202. The Kier molecular flexibility index (Phi) is 11.0. The van der Waals surface area contributed by atoms with Gasteiger partial charge in [0.25, 0.3) is 0 Å². The van der Waals surface area contributed by atoms with Crippen molar-refractivity contribution in [3.8, 4) is 0 Å². The fourth-order valence-electron chi connectivity index (χ4n) is 2.76. The Morgan fingerprint density at radius 1 is 0.700 bits per heavy atom. The van der Waals surface area contributed by atoms with Crippen molar-refractivity contribution < 1.29 is 28.6 Å². The summed E-state index contributed by atoms with van der Waals surface area (Å²) in [5.41, 5.74) is -2.01. The molecule has 0 saturated carbocycles. The Bertz CT molecular complexity index is 536. The van der Waals surface area contributed by atoms with Gasteiger partial charge in [0.1, 0.15) is 22.8 Å². The lowest BCUT2D eigenvalue weighted by molar-refractivity contribution is -0.168. The molecule has 0 radical (unpaired) electrons. The van der Waals surface area contributed by atoms with Crippen molar-refractivity contribution in [2.75, 3.05) is 13.1 Å². The summed E-state index contributed by atoms with van der Waals surface area (Å²) in [6.07, 6.45) is 3.18. The number of rotatable bonds is 10. The van der Waals surface area contributed by atoms with Crippen LogP contribution in [0.1, 0.15) is 94.9 Å². The third kappa shape index (κ3) is 14.4. The van der Waals surface area contributed by atoms with Gasteiger partial charge in [-0.05, 0) is 68.7 Å². The highest BCUT2D eigenvalue weighted by Gasteiger charge is 2.34. The Morgan fingerprint density at radius 2 is 1.10 bits per heavy atom. The summed E-state index contributed by atoms with van der Waals surface area (Å²) < 4.78 is 16.4. The smallest absolute Gasteiger partial charge is 0.323 e. The molecule has 0 fully saturated rings. The van der Waals surface area contributed by atoms with E-state index in [1.807, 2.05) is 0 Å². The van der Waals surface area contributed by atoms with E-state index >= 15 is 0 Å². The lowest BCUT2D eigenvalue weighted by atomic mass is 10.1. The minimum Gasteiger partial charge on any atom is -0.459 e. The minimum atomic E-state index is -0.740. The Balaban J connectivity index is 5.69. The van der Waals surface area contributed by atoms with Crippen LogP contribution in [0.25, 0.3) is 0 Å². The zero-order chi connectivity index (χ0) is 23.8. The quantitative estimate of drug-likeness (QED) is 0.291. The Labute approximate surface area is 182 Å². The summed E-state index contributed by atoms with van der Waals surface area (Å²) in [6.45, 7) is 17.7. The molecule has 30 heavy (non-hydrogen) atoms. The van der Waals surface area contributed by atoms with E-state index in [1.54, 1.807) is 62.3 Å². The van der Waals surface area contributed by atoms with E-state index in [1.165, 1.54) is 4.90 Å². The largest absolute Gasteiger partial charge is 0.459 e. The molecule has 0 spiro atoms. The van der Waals surface area contributed by atoms with Crippen molar-refractivity contribution >= 4 is 17.9 Å². The molecule has 0 aliphatic rings. The van der Waals surface area contributed by atoms with Crippen LogP contribution in [0.15, 0.2) is 0 Å². The zero-order valence-corrected chi connectivity index (χ0v) is 20.7. The van der Waals surface area contributed by atoms with Crippen LogP contribution in [0, 0.1) is 0 Å². The van der Waals surface area contributed by atoms with Gasteiger partial charge in [0, 0.05) is 0 Å². The first-order valence-electron chi connectivity index (χ1n) is 10.8. The van der Waals surface area contributed by atoms with Gasteiger partial charge in [0.15, 0.2) is 0 Å². The molecule has 176 valence electrons. The number of carbonyl (C=O) groups is 3. The number of esters is 3. The molecule has 0 N–H and O–H groups in total. The fraction of sp³-hybridized carbons (Fsp3) is 0.870. The predicted molar refractivity (Wildman–Crippen MR) is 117 cm³/mol. The maximum atomic E-state index is 13.0. The number of carbonyl (C=O) groups excluding carboxylic acids is 3. The summed E-state index contributed by atoms with van der Waals surface area (Å²) in [5.74, 6) is -1.46. The van der Waals surface area contributed by atoms with Crippen molar-refractivity contribution in [3.05, 3.63) is 0 Å². The van der Waals surface area contributed by atoms with E-state index < -0.39 is 40.8 Å². The fourth-order valence-corrected chi connectivity index (χ4v) is 2.76. The first-order chi connectivity index (χ1) is 13.4. The predicted octanol–water partition coefficient (Wildman–Crippen LogP) is 4.26. The Morgan fingerprint density at radius 3 is 1.43 bits per heavy atom. The summed E-state index contributed by atoms with van der Waals surface area (Å²) in [5, 5.41) is 0. The first kappa shape index (κ1) is 28.4. The molecule has 7 heteroatoms. The molecule has 0 bridgehead atoms. The van der Waals surface area contributed by atoms with Gasteiger partial charge in [-0.3, -0.25) is 19.3 Å². The van der Waals surface area contributed by atoms with Gasteiger partial charge in [-0.25, -0.2) is 0 Å². The summed E-state index contributed by atoms with van der Waals surface area (Å²) in [7, 11) is 0. The highest BCUT2D eigenvalue weighted by molar-refractivity contribution is 5.80. The number of hydrogen-bond donors (Lipinski definition) is 0. The second kappa shape index (κ2) is 11.7. The monoisotopic (exact) mass is 429 g/mol. The molecule has 0 aliphatic carbocycles. The van der Waals surface area contributed by atoms with Crippen LogP contribution >= 0.6 is 0 Å². The van der Waals surface area contributed by atoms with E-state index in [2.05, 4.69) is 6.92 Å². The Hall–Kier alpha value is -1.63. The first-order valence-corrected chi connectivity index (χ1v) is 10.8. The van der Waals surface area contributed by atoms with Crippen molar-refractivity contribution in [1.29, 1.82) is 0 Å². The molecule has 0 aromatic heterocycles. The van der Waals surface area contributed by atoms with Gasteiger partial charge < -0.3 is 14.2 Å². The molecule has 1 unspecified atom stereocenters. The van der Waals surface area contributed by atoms with Gasteiger partial charge in [-0.15, -0.1) is 0 Å². The van der Waals surface area contributed by atoms with E-state index in [0.29, 0.717) is 6.42 Å². The van der Waals surface area contributed by atoms with E-state index in [-0.39, 0.29) is 13.1 Å². The summed E-state index contributed by atoms with van der Waals surface area (Å²) >= 11 is 0. The molecular formula is C23H43NO6. The molecule has 0 heterocycles. The second-order valence-corrected chi connectivity index (χ2v) is 10.6. The normalized spacial score (nSPS) is 13.7. The average molecular weight is 430 g/mol. The summed E-state index contributed by atoms with van der Waals surface area (Å²) in [4.78, 5) is 39.5. The van der Waals surface area contributed by atoms with Gasteiger partial charge in [-0.1, -0.05) is 26.2 Å². The van der Waals surface area contributed by atoms with Crippen molar-refractivity contribution in [3.63, 3.8) is 0 Å². The number of ether oxygens (including phenoxy) is 3. The highest BCUT2D eigenvalue weighted by atomic mass is 16.6. The highest BCUT2D eigenvalue weighted by Crippen LogP contribution is 2.18. The van der Waals surface area contributed by atoms with E-state index in [4.69, 9.17) is 14.2 Å². The second-order valence-electron chi connectivity index (χ2n) is 10.6.